The Balaban J connectivity index is 2.75. The summed E-state index contributed by atoms with van der Waals surface area (Å²) in [5, 5.41) is 9.22. The van der Waals surface area contributed by atoms with Crippen molar-refractivity contribution in [3.63, 3.8) is 0 Å². The van der Waals surface area contributed by atoms with E-state index in [-0.39, 0.29) is 19.1 Å². The molecule has 1 heterocycles. The zero-order chi connectivity index (χ0) is 15.3. The number of aliphatic carboxylic acids is 1. The molecule has 2 amide bonds. The molecule has 0 aromatic heterocycles. The van der Waals surface area contributed by atoms with E-state index in [0.29, 0.717) is 19.5 Å². The monoisotopic (exact) mass is 286 g/mol. The first-order valence-corrected chi connectivity index (χ1v) is 6.86. The van der Waals surface area contributed by atoms with Gasteiger partial charge in [-0.15, -0.1) is 0 Å². The SMILES string of the molecule is CCOC(=O)CN(CC)C(=O)N1CCC(C)C1C(=O)O. The largest absolute Gasteiger partial charge is 0.480 e. The van der Waals surface area contributed by atoms with Gasteiger partial charge in [0.1, 0.15) is 12.6 Å². The minimum absolute atomic E-state index is 0.0854. The highest BCUT2D eigenvalue weighted by atomic mass is 16.5. The van der Waals surface area contributed by atoms with Gasteiger partial charge >= 0.3 is 18.0 Å². The lowest BCUT2D eigenvalue weighted by molar-refractivity contribution is -0.143. The van der Waals surface area contributed by atoms with Gasteiger partial charge in [0.25, 0.3) is 0 Å². The first kappa shape index (κ1) is 16.3. The minimum Gasteiger partial charge on any atom is -0.480 e. The number of hydrogen-bond donors (Lipinski definition) is 1. The summed E-state index contributed by atoms with van der Waals surface area (Å²) >= 11 is 0. The molecule has 0 aliphatic carbocycles. The molecule has 2 unspecified atom stereocenters. The molecule has 0 bridgehead atoms. The summed E-state index contributed by atoms with van der Waals surface area (Å²) < 4.78 is 4.81. The zero-order valence-corrected chi connectivity index (χ0v) is 12.2. The summed E-state index contributed by atoms with van der Waals surface area (Å²) in [4.78, 5) is 37.7. The van der Waals surface area contributed by atoms with Crippen molar-refractivity contribution in [3.05, 3.63) is 0 Å². The maximum absolute atomic E-state index is 12.4. The van der Waals surface area contributed by atoms with Gasteiger partial charge < -0.3 is 19.6 Å². The third-order valence-electron chi connectivity index (χ3n) is 3.48. The summed E-state index contributed by atoms with van der Waals surface area (Å²) in [5.74, 6) is -1.57. The van der Waals surface area contributed by atoms with Crippen molar-refractivity contribution in [2.75, 3.05) is 26.2 Å². The minimum atomic E-state index is -1.00. The fourth-order valence-corrected chi connectivity index (χ4v) is 2.40. The smallest absolute Gasteiger partial charge is 0.326 e. The molecule has 0 aromatic rings. The van der Waals surface area contributed by atoms with E-state index in [1.54, 1.807) is 13.8 Å². The molecule has 2 atom stereocenters. The second-order valence-electron chi connectivity index (χ2n) is 4.84. The van der Waals surface area contributed by atoms with E-state index in [1.807, 2.05) is 6.92 Å². The Bertz CT molecular complexity index is 385. The predicted octanol–water partition coefficient (Wildman–Crippen LogP) is 0.786. The molecule has 1 rings (SSSR count). The summed E-state index contributed by atoms with van der Waals surface area (Å²) in [5.41, 5.74) is 0. The van der Waals surface area contributed by atoms with Gasteiger partial charge in [0, 0.05) is 13.1 Å². The van der Waals surface area contributed by atoms with E-state index >= 15 is 0 Å². The number of amides is 2. The van der Waals surface area contributed by atoms with Crippen LogP contribution >= 0.6 is 0 Å². The highest BCUT2D eigenvalue weighted by molar-refractivity contribution is 5.86. The highest BCUT2D eigenvalue weighted by Crippen LogP contribution is 2.25. The number of carboxylic acid groups (broad SMARTS) is 1. The fraction of sp³-hybridized carbons (Fsp3) is 0.769. The van der Waals surface area contributed by atoms with Gasteiger partial charge in [-0.1, -0.05) is 6.92 Å². The molecule has 1 aliphatic heterocycles. The number of carbonyl (C=O) groups is 3. The molecule has 114 valence electrons. The third-order valence-corrected chi connectivity index (χ3v) is 3.48. The number of nitrogens with zero attached hydrogens (tertiary/aromatic N) is 2. The number of carbonyl (C=O) groups excluding carboxylic acids is 2. The van der Waals surface area contributed by atoms with Gasteiger partial charge in [0.15, 0.2) is 0 Å². The molecule has 7 heteroatoms. The molecule has 1 saturated heterocycles. The summed E-state index contributed by atoms with van der Waals surface area (Å²) in [7, 11) is 0. The maximum atomic E-state index is 12.4. The number of likely N-dealkylation sites (N-methyl/N-ethyl adjacent to an activating group) is 1. The number of carboxylic acids is 1. The van der Waals surface area contributed by atoms with Crippen LogP contribution in [0.2, 0.25) is 0 Å². The molecule has 20 heavy (non-hydrogen) atoms. The summed E-state index contributed by atoms with van der Waals surface area (Å²) in [6, 6.07) is -1.24. The van der Waals surface area contributed by atoms with E-state index in [0.717, 1.165) is 0 Å². The Morgan fingerprint density at radius 3 is 2.50 bits per heavy atom. The number of likely N-dealkylation sites (tertiary alicyclic amines) is 1. The lowest BCUT2D eigenvalue weighted by Gasteiger charge is -2.29. The van der Waals surface area contributed by atoms with E-state index in [4.69, 9.17) is 4.74 Å². The van der Waals surface area contributed by atoms with Gasteiger partial charge in [-0.05, 0) is 26.2 Å². The zero-order valence-electron chi connectivity index (χ0n) is 12.2. The number of hydrogen-bond acceptors (Lipinski definition) is 4. The van der Waals surface area contributed by atoms with Crippen LogP contribution in [0.15, 0.2) is 0 Å². The molecule has 0 radical (unpaired) electrons. The second kappa shape index (κ2) is 7.12. The van der Waals surface area contributed by atoms with Gasteiger partial charge in [0.05, 0.1) is 6.61 Å². The van der Waals surface area contributed by atoms with Crippen LogP contribution in [0.1, 0.15) is 27.2 Å². The van der Waals surface area contributed by atoms with Crippen LogP contribution in [-0.2, 0) is 14.3 Å². The number of ether oxygens (including phenoxy) is 1. The van der Waals surface area contributed by atoms with Crippen molar-refractivity contribution in [1.82, 2.24) is 9.80 Å². The van der Waals surface area contributed by atoms with Crippen LogP contribution in [0, 0.1) is 5.92 Å². The molecule has 1 N–H and O–H groups in total. The van der Waals surface area contributed by atoms with Crippen LogP contribution in [0.3, 0.4) is 0 Å². The van der Waals surface area contributed by atoms with Gasteiger partial charge in [-0.3, -0.25) is 4.79 Å². The highest BCUT2D eigenvalue weighted by Gasteiger charge is 2.41. The molecule has 1 fully saturated rings. The first-order chi connectivity index (χ1) is 9.42. The second-order valence-corrected chi connectivity index (χ2v) is 4.84. The average molecular weight is 286 g/mol. The van der Waals surface area contributed by atoms with E-state index < -0.39 is 24.0 Å². The topological polar surface area (TPSA) is 87.2 Å². The molecule has 0 aromatic carbocycles. The Hall–Kier alpha value is -1.79. The molecule has 0 saturated carbocycles. The Kier molecular flexibility index (Phi) is 5.79. The summed E-state index contributed by atoms with van der Waals surface area (Å²) in [6.07, 6.45) is 0.652. The van der Waals surface area contributed by atoms with Crippen molar-refractivity contribution in [3.8, 4) is 0 Å². The van der Waals surface area contributed by atoms with Crippen LogP contribution in [0.5, 0.6) is 0 Å². The maximum Gasteiger partial charge on any atom is 0.326 e. The fourth-order valence-electron chi connectivity index (χ4n) is 2.40. The van der Waals surface area contributed by atoms with Crippen LogP contribution in [0.4, 0.5) is 4.79 Å². The van der Waals surface area contributed by atoms with Gasteiger partial charge in [0.2, 0.25) is 0 Å². The van der Waals surface area contributed by atoms with Crippen molar-refractivity contribution in [1.29, 1.82) is 0 Å². The summed E-state index contributed by atoms with van der Waals surface area (Å²) in [6.45, 7) is 6.08. The molecule has 1 aliphatic rings. The van der Waals surface area contributed by atoms with Gasteiger partial charge in [-0.25, -0.2) is 9.59 Å². The van der Waals surface area contributed by atoms with Crippen molar-refractivity contribution >= 4 is 18.0 Å². The molecular weight excluding hydrogens is 264 g/mol. The first-order valence-electron chi connectivity index (χ1n) is 6.86. The number of esters is 1. The lowest BCUT2D eigenvalue weighted by Crippen LogP contribution is -2.50. The quantitative estimate of drug-likeness (QED) is 0.755. The molecule has 7 nitrogen and oxygen atoms in total. The Labute approximate surface area is 118 Å². The van der Waals surface area contributed by atoms with Crippen LogP contribution in [0.25, 0.3) is 0 Å². The van der Waals surface area contributed by atoms with E-state index in [9.17, 15) is 19.5 Å². The standard InChI is InChI=1S/C13H22N2O5/c1-4-14(8-10(16)20-5-2)13(19)15-7-6-9(3)11(15)12(17)18/h9,11H,4-8H2,1-3H3,(H,17,18). The van der Waals surface area contributed by atoms with Crippen LogP contribution in [-0.4, -0.2) is 65.2 Å². The predicted molar refractivity (Wildman–Crippen MR) is 71.2 cm³/mol. The van der Waals surface area contributed by atoms with E-state index in [2.05, 4.69) is 0 Å². The van der Waals surface area contributed by atoms with Crippen molar-refractivity contribution in [2.45, 2.75) is 33.2 Å². The average Bonchev–Trinajstić information content (AvgIpc) is 2.77. The Morgan fingerprint density at radius 1 is 1.35 bits per heavy atom. The number of urea groups is 1. The van der Waals surface area contributed by atoms with Crippen LogP contribution < -0.4 is 0 Å². The Morgan fingerprint density at radius 2 is 2.00 bits per heavy atom. The van der Waals surface area contributed by atoms with E-state index in [1.165, 1.54) is 9.80 Å². The normalized spacial score (nSPS) is 21.6. The van der Waals surface area contributed by atoms with Crippen molar-refractivity contribution in [2.24, 2.45) is 5.92 Å². The van der Waals surface area contributed by atoms with Gasteiger partial charge in [-0.2, -0.15) is 0 Å². The number of rotatable bonds is 5. The molecular formula is C13H22N2O5. The lowest BCUT2D eigenvalue weighted by atomic mass is 10.0. The third kappa shape index (κ3) is 3.61. The van der Waals surface area contributed by atoms with Crippen molar-refractivity contribution < 1.29 is 24.2 Å². The molecule has 0 spiro atoms.